The van der Waals surface area contributed by atoms with Gasteiger partial charge in [0.25, 0.3) is 0 Å². The Morgan fingerprint density at radius 2 is 1.75 bits per heavy atom. The summed E-state index contributed by atoms with van der Waals surface area (Å²) >= 11 is 0. The Bertz CT molecular complexity index is 427. The predicted molar refractivity (Wildman–Crippen MR) is 93.7 cm³/mol. The van der Waals surface area contributed by atoms with Gasteiger partial charge in [0, 0.05) is 0 Å². The first-order valence-electron chi connectivity index (χ1n) is 10.0. The second-order valence-electron chi connectivity index (χ2n) is 7.75. The summed E-state index contributed by atoms with van der Waals surface area (Å²) in [6.45, 7) is 4.06. The van der Waals surface area contributed by atoms with Crippen molar-refractivity contribution in [1.82, 2.24) is 0 Å². The molecule has 24 heavy (non-hydrogen) atoms. The molecule has 2 saturated carbocycles. The molecule has 4 heteroatoms. The summed E-state index contributed by atoms with van der Waals surface area (Å²) in [4.78, 5) is 25.4. The lowest BCUT2D eigenvalue weighted by Gasteiger charge is -2.44. The molecule has 2 fully saturated rings. The van der Waals surface area contributed by atoms with Crippen molar-refractivity contribution < 1.29 is 19.4 Å². The standard InChI is InChI=1S/C20H34O4/c1-3-10-16(4-2)24-19(23)20(18(21)22)14-9-8-13-17(20)15-11-6-5-7-12-15/h15-17H,3-14H2,1-2H3,(H,21,22). The Kier molecular flexibility index (Phi) is 7.12. The van der Waals surface area contributed by atoms with Crippen molar-refractivity contribution in [2.75, 3.05) is 0 Å². The van der Waals surface area contributed by atoms with E-state index >= 15 is 0 Å². The molecule has 0 spiro atoms. The van der Waals surface area contributed by atoms with Crippen molar-refractivity contribution in [1.29, 1.82) is 0 Å². The van der Waals surface area contributed by atoms with Crippen LogP contribution in [-0.4, -0.2) is 23.1 Å². The monoisotopic (exact) mass is 338 g/mol. The van der Waals surface area contributed by atoms with Crippen LogP contribution in [0.1, 0.15) is 90.9 Å². The Morgan fingerprint density at radius 3 is 2.33 bits per heavy atom. The number of ether oxygens (including phenoxy) is 1. The number of carboxylic acid groups (broad SMARTS) is 1. The van der Waals surface area contributed by atoms with Crippen LogP contribution in [0, 0.1) is 17.3 Å². The third kappa shape index (κ3) is 3.94. The van der Waals surface area contributed by atoms with Gasteiger partial charge >= 0.3 is 11.9 Å². The Morgan fingerprint density at radius 1 is 1.08 bits per heavy atom. The summed E-state index contributed by atoms with van der Waals surface area (Å²) < 4.78 is 5.75. The Hall–Kier alpha value is -1.06. The van der Waals surface area contributed by atoms with Gasteiger partial charge in [0.1, 0.15) is 6.10 Å². The molecule has 2 aliphatic carbocycles. The van der Waals surface area contributed by atoms with E-state index in [-0.39, 0.29) is 12.0 Å². The Labute approximate surface area is 146 Å². The van der Waals surface area contributed by atoms with Crippen molar-refractivity contribution in [3.05, 3.63) is 0 Å². The van der Waals surface area contributed by atoms with E-state index in [9.17, 15) is 14.7 Å². The van der Waals surface area contributed by atoms with Gasteiger partial charge in [-0.05, 0) is 37.5 Å². The van der Waals surface area contributed by atoms with Gasteiger partial charge in [-0.1, -0.05) is 65.2 Å². The van der Waals surface area contributed by atoms with E-state index < -0.39 is 17.4 Å². The molecule has 0 saturated heterocycles. The first-order valence-corrected chi connectivity index (χ1v) is 10.0. The first kappa shape index (κ1) is 19.3. The number of rotatable bonds is 7. The van der Waals surface area contributed by atoms with Gasteiger partial charge in [-0.25, -0.2) is 0 Å². The zero-order valence-corrected chi connectivity index (χ0v) is 15.4. The van der Waals surface area contributed by atoms with Gasteiger partial charge in [0.05, 0.1) is 0 Å². The quantitative estimate of drug-likeness (QED) is 0.527. The molecule has 4 nitrogen and oxygen atoms in total. The second kappa shape index (κ2) is 8.87. The first-order chi connectivity index (χ1) is 11.6. The maximum Gasteiger partial charge on any atom is 0.324 e. The molecule has 0 radical (unpaired) electrons. The van der Waals surface area contributed by atoms with E-state index in [1.165, 1.54) is 19.3 Å². The highest BCUT2D eigenvalue weighted by Crippen LogP contribution is 2.50. The smallest absolute Gasteiger partial charge is 0.324 e. The predicted octanol–water partition coefficient (Wildman–Crippen LogP) is 4.95. The van der Waals surface area contributed by atoms with Crippen LogP contribution in [0.3, 0.4) is 0 Å². The van der Waals surface area contributed by atoms with Crippen LogP contribution >= 0.6 is 0 Å². The molecule has 0 aliphatic heterocycles. The topological polar surface area (TPSA) is 63.6 Å². The molecular weight excluding hydrogens is 304 g/mol. The molecule has 0 amide bonds. The molecule has 0 aromatic carbocycles. The van der Waals surface area contributed by atoms with Gasteiger partial charge < -0.3 is 9.84 Å². The summed E-state index contributed by atoms with van der Waals surface area (Å²) in [5, 5.41) is 10.1. The van der Waals surface area contributed by atoms with Crippen molar-refractivity contribution in [3.8, 4) is 0 Å². The average molecular weight is 338 g/mol. The van der Waals surface area contributed by atoms with Crippen LogP contribution in [0.5, 0.6) is 0 Å². The summed E-state index contributed by atoms with van der Waals surface area (Å²) in [6, 6.07) is 0. The van der Waals surface area contributed by atoms with E-state index in [0.717, 1.165) is 51.4 Å². The molecule has 2 aliphatic rings. The number of carboxylic acids is 1. The number of esters is 1. The summed E-state index contributed by atoms with van der Waals surface area (Å²) in [5.41, 5.74) is -1.30. The third-order valence-corrected chi connectivity index (χ3v) is 6.27. The van der Waals surface area contributed by atoms with Crippen molar-refractivity contribution in [2.24, 2.45) is 17.3 Å². The van der Waals surface area contributed by atoms with Gasteiger partial charge in [-0.3, -0.25) is 9.59 Å². The zero-order chi connectivity index (χ0) is 17.6. The largest absolute Gasteiger partial charge is 0.480 e. The van der Waals surface area contributed by atoms with E-state index in [1.807, 2.05) is 6.92 Å². The molecule has 3 atom stereocenters. The maximum atomic E-state index is 13.1. The van der Waals surface area contributed by atoms with Gasteiger partial charge in [-0.2, -0.15) is 0 Å². The molecule has 2 rings (SSSR count). The minimum atomic E-state index is -1.30. The fourth-order valence-corrected chi connectivity index (χ4v) is 4.91. The van der Waals surface area contributed by atoms with Crippen LogP contribution in [-0.2, 0) is 14.3 Å². The van der Waals surface area contributed by atoms with Gasteiger partial charge in [0.2, 0.25) is 0 Å². The summed E-state index contributed by atoms with van der Waals surface area (Å²) in [6.07, 6.45) is 11.2. The minimum Gasteiger partial charge on any atom is -0.480 e. The normalized spacial score (nSPS) is 29.8. The molecule has 138 valence electrons. The lowest BCUT2D eigenvalue weighted by molar-refractivity contribution is -0.183. The number of carbonyl (C=O) groups is 2. The molecule has 0 aromatic rings. The lowest BCUT2D eigenvalue weighted by atomic mass is 9.59. The van der Waals surface area contributed by atoms with Crippen LogP contribution in [0.4, 0.5) is 0 Å². The third-order valence-electron chi connectivity index (χ3n) is 6.27. The fraction of sp³-hybridized carbons (Fsp3) is 0.900. The summed E-state index contributed by atoms with van der Waals surface area (Å²) in [5.74, 6) is -1.08. The second-order valence-corrected chi connectivity index (χ2v) is 7.75. The zero-order valence-electron chi connectivity index (χ0n) is 15.4. The van der Waals surface area contributed by atoms with E-state index in [0.29, 0.717) is 12.3 Å². The molecular formula is C20H34O4. The molecule has 0 aromatic heterocycles. The molecule has 3 unspecified atom stereocenters. The Balaban J connectivity index is 2.24. The minimum absolute atomic E-state index is 0.0457. The van der Waals surface area contributed by atoms with E-state index in [2.05, 4.69) is 6.92 Å². The van der Waals surface area contributed by atoms with Crippen molar-refractivity contribution in [3.63, 3.8) is 0 Å². The highest BCUT2D eigenvalue weighted by molar-refractivity contribution is 5.99. The van der Waals surface area contributed by atoms with Crippen molar-refractivity contribution in [2.45, 2.75) is 97.0 Å². The van der Waals surface area contributed by atoms with Gasteiger partial charge in [0.15, 0.2) is 5.41 Å². The number of aliphatic carboxylic acids is 1. The highest BCUT2D eigenvalue weighted by Gasteiger charge is 2.57. The molecule has 0 heterocycles. The van der Waals surface area contributed by atoms with Crippen LogP contribution in [0.25, 0.3) is 0 Å². The average Bonchev–Trinajstić information content (AvgIpc) is 2.61. The van der Waals surface area contributed by atoms with Crippen molar-refractivity contribution >= 4 is 11.9 Å². The number of hydrogen-bond donors (Lipinski definition) is 1. The SMILES string of the molecule is CCCC(CC)OC(=O)C1(C(=O)O)CCCCC1C1CCCCC1. The maximum absolute atomic E-state index is 13.1. The fourth-order valence-electron chi connectivity index (χ4n) is 4.91. The van der Waals surface area contributed by atoms with E-state index in [1.54, 1.807) is 0 Å². The molecule has 1 N–H and O–H groups in total. The van der Waals surface area contributed by atoms with Crippen LogP contribution < -0.4 is 0 Å². The van der Waals surface area contributed by atoms with Gasteiger partial charge in [-0.15, -0.1) is 0 Å². The van der Waals surface area contributed by atoms with Crippen LogP contribution in [0.15, 0.2) is 0 Å². The van der Waals surface area contributed by atoms with E-state index in [4.69, 9.17) is 4.74 Å². The summed E-state index contributed by atoms with van der Waals surface area (Å²) in [7, 11) is 0. The molecule has 0 bridgehead atoms. The highest BCUT2D eigenvalue weighted by atomic mass is 16.5. The van der Waals surface area contributed by atoms with Crippen LogP contribution in [0.2, 0.25) is 0 Å². The number of carbonyl (C=O) groups excluding carboxylic acids is 1. The number of hydrogen-bond acceptors (Lipinski definition) is 3. The lowest BCUT2D eigenvalue weighted by Crippen LogP contribution is -2.52.